The highest BCUT2D eigenvalue weighted by Gasteiger charge is 2.32. The van der Waals surface area contributed by atoms with Gasteiger partial charge in [-0.05, 0) is 43.4 Å². The van der Waals surface area contributed by atoms with Crippen molar-refractivity contribution in [3.8, 4) is 11.3 Å². The highest BCUT2D eigenvalue weighted by atomic mass is 35.5. The summed E-state index contributed by atoms with van der Waals surface area (Å²) >= 11 is 1.67. The fourth-order valence-electron chi connectivity index (χ4n) is 3.71. The molecule has 1 aliphatic rings. The molecule has 28 heavy (non-hydrogen) atoms. The van der Waals surface area contributed by atoms with Crippen LogP contribution in [-0.4, -0.2) is 29.0 Å². The van der Waals surface area contributed by atoms with Crippen LogP contribution in [0.15, 0.2) is 29.9 Å². The lowest BCUT2D eigenvalue weighted by Gasteiger charge is -2.35. The Kier molecular flexibility index (Phi) is 11.0. The molecule has 2 aromatic heterocycles. The van der Waals surface area contributed by atoms with Gasteiger partial charge in [-0.25, -0.2) is 4.98 Å². The van der Waals surface area contributed by atoms with Gasteiger partial charge in [-0.1, -0.05) is 19.3 Å². The van der Waals surface area contributed by atoms with Gasteiger partial charge in [0, 0.05) is 42.7 Å². The van der Waals surface area contributed by atoms with E-state index < -0.39 is 0 Å². The smallest absolute Gasteiger partial charge is 0.220 e. The minimum Gasteiger partial charge on any atom is -0.356 e. The van der Waals surface area contributed by atoms with E-state index in [1.165, 1.54) is 19.3 Å². The number of nitrogens with two attached hydrogens (primary N) is 1. The maximum atomic E-state index is 12.3. The third-order valence-corrected chi connectivity index (χ3v) is 6.21. The Hall–Kier alpha value is -1.21. The molecule has 2 aromatic rings. The van der Waals surface area contributed by atoms with Crippen LogP contribution in [0.4, 0.5) is 0 Å². The van der Waals surface area contributed by atoms with E-state index in [2.05, 4.69) is 20.7 Å². The molecule has 1 amide bonds. The first-order chi connectivity index (χ1) is 12.7. The van der Waals surface area contributed by atoms with E-state index in [0.717, 1.165) is 41.9 Å². The van der Waals surface area contributed by atoms with Gasteiger partial charge in [-0.3, -0.25) is 9.78 Å². The molecule has 3 N–H and O–H groups in total. The maximum absolute atomic E-state index is 12.3. The van der Waals surface area contributed by atoms with Crippen LogP contribution in [0.25, 0.3) is 11.3 Å². The normalized spacial score (nSPS) is 15.2. The van der Waals surface area contributed by atoms with Crippen LogP contribution in [0.5, 0.6) is 0 Å². The highest BCUT2D eigenvalue weighted by Crippen LogP contribution is 2.38. The number of hydrogen-bond donors (Lipinski definition) is 2. The quantitative estimate of drug-likeness (QED) is 0.591. The number of rotatable bonds is 8. The van der Waals surface area contributed by atoms with E-state index in [0.29, 0.717) is 19.5 Å². The second-order valence-corrected chi connectivity index (χ2v) is 8.20. The molecule has 156 valence electrons. The molecule has 1 aliphatic carbocycles. The molecule has 0 bridgehead atoms. The molecule has 8 heteroatoms. The lowest BCUT2D eigenvalue weighted by molar-refractivity contribution is -0.123. The standard InChI is InChI=1S/C20H28N4OS.2ClH/c21-15-20(8-2-1-3-9-20)13-18(25)23-10-4-5-19-24-17(14-26-19)16-6-11-22-12-7-16;;/h6-7,11-12,14H,1-5,8-10,13,15,21H2,(H,23,25);2*1H. The summed E-state index contributed by atoms with van der Waals surface area (Å²) in [5, 5.41) is 6.26. The Bertz CT molecular complexity index is 705. The number of hydrogen-bond acceptors (Lipinski definition) is 5. The molecule has 5 nitrogen and oxygen atoms in total. The third kappa shape index (κ3) is 6.99. The molecule has 0 radical (unpaired) electrons. The minimum atomic E-state index is 0. The first kappa shape index (κ1) is 24.8. The predicted molar refractivity (Wildman–Crippen MR) is 120 cm³/mol. The van der Waals surface area contributed by atoms with E-state index in [1.807, 2.05) is 12.1 Å². The van der Waals surface area contributed by atoms with Crippen molar-refractivity contribution in [2.45, 2.75) is 51.4 Å². The van der Waals surface area contributed by atoms with Crippen LogP contribution in [0.2, 0.25) is 0 Å². The summed E-state index contributed by atoms with van der Waals surface area (Å²) in [6.45, 7) is 1.32. The summed E-state index contributed by atoms with van der Waals surface area (Å²) in [4.78, 5) is 21.0. The average Bonchev–Trinajstić information content (AvgIpc) is 3.16. The lowest BCUT2D eigenvalue weighted by Crippen LogP contribution is -2.38. The van der Waals surface area contributed by atoms with Gasteiger partial charge in [0.1, 0.15) is 0 Å². The Morgan fingerprint density at radius 1 is 1.18 bits per heavy atom. The van der Waals surface area contributed by atoms with E-state index in [9.17, 15) is 4.79 Å². The number of carbonyl (C=O) groups excluding carboxylic acids is 1. The van der Waals surface area contributed by atoms with Crippen molar-refractivity contribution in [3.63, 3.8) is 0 Å². The largest absolute Gasteiger partial charge is 0.356 e. The zero-order valence-electron chi connectivity index (χ0n) is 16.1. The van der Waals surface area contributed by atoms with E-state index in [4.69, 9.17) is 5.73 Å². The molecule has 0 unspecified atom stereocenters. The molecule has 1 saturated carbocycles. The van der Waals surface area contributed by atoms with Gasteiger partial charge in [0.2, 0.25) is 5.91 Å². The van der Waals surface area contributed by atoms with Crippen LogP contribution in [0, 0.1) is 5.41 Å². The first-order valence-electron chi connectivity index (χ1n) is 9.52. The fraction of sp³-hybridized carbons (Fsp3) is 0.550. The molecule has 0 aliphatic heterocycles. The summed E-state index contributed by atoms with van der Waals surface area (Å²) in [6.07, 6.45) is 11.8. The minimum absolute atomic E-state index is 0. The molecule has 1 fully saturated rings. The molecular formula is C20H30Cl2N4OS. The summed E-state index contributed by atoms with van der Waals surface area (Å²) in [5.41, 5.74) is 8.11. The van der Waals surface area contributed by atoms with Crippen molar-refractivity contribution >= 4 is 42.1 Å². The summed E-state index contributed by atoms with van der Waals surface area (Å²) in [6, 6.07) is 3.94. The molecule has 0 spiro atoms. The Balaban J connectivity index is 0.00000196. The highest BCUT2D eigenvalue weighted by molar-refractivity contribution is 7.09. The second kappa shape index (κ2) is 12.4. The SMILES string of the molecule is Cl.Cl.NCC1(CC(=O)NCCCc2nc(-c3ccncc3)cs2)CCCCC1. The number of amides is 1. The van der Waals surface area contributed by atoms with Gasteiger partial charge in [0.05, 0.1) is 10.7 Å². The number of halogens is 2. The average molecular weight is 445 g/mol. The molecule has 0 atom stereocenters. The van der Waals surface area contributed by atoms with Crippen LogP contribution in [0.3, 0.4) is 0 Å². The topological polar surface area (TPSA) is 80.9 Å². The van der Waals surface area contributed by atoms with Crippen LogP contribution >= 0.6 is 36.2 Å². The second-order valence-electron chi connectivity index (χ2n) is 7.26. The van der Waals surface area contributed by atoms with Gasteiger partial charge in [-0.15, -0.1) is 36.2 Å². The van der Waals surface area contributed by atoms with Gasteiger partial charge in [0.25, 0.3) is 0 Å². The van der Waals surface area contributed by atoms with Crippen molar-refractivity contribution in [3.05, 3.63) is 34.9 Å². The van der Waals surface area contributed by atoms with Gasteiger partial charge in [-0.2, -0.15) is 0 Å². The first-order valence-corrected chi connectivity index (χ1v) is 10.4. The lowest BCUT2D eigenvalue weighted by atomic mass is 9.71. The summed E-state index contributed by atoms with van der Waals surface area (Å²) in [7, 11) is 0. The zero-order valence-corrected chi connectivity index (χ0v) is 18.5. The van der Waals surface area contributed by atoms with Crippen molar-refractivity contribution in [2.75, 3.05) is 13.1 Å². The summed E-state index contributed by atoms with van der Waals surface area (Å²) < 4.78 is 0. The third-order valence-electron chi connectivity index (χ3n) is 5.30. The van der Waals surface area contributed by atoms with E-state index >= 15 is 0 Å². The monoisotopic (exact) mass is 444 g/mol. The zero-order chi connectivity index (χ0) is 18.2. The van der Waals surface area contributed by atoms with Gasteiger partial charge in [0.15, 0.2) is 0 Å². The fourth-order valence-corrected chi connectivity index (χ4v) is 4.56. The van der Waals surface area contributed by atoms with Gasteiger partial charge < -0.3 is 11.1 Å². The number of nitrogens with zero attached hydrogens (tertiary/aromatic N) is 2. The number of nitrogens with one attached hydrogen (secondary N) is 1. The van der Waals surface area contributed by atoms with Crippen molar-refractivity contribution in [1.29, 1.82) is 0 Å². The van der Waals surface area contributed by atoms with Gasteiger partial charge >= 0.3 is 0 Å². The Morgan fingerprint density at radius 2 is 1.89 bits per heavy atom. The van der Waals surface area contributed by atoms with Crippen LogP contribution < -0.4 is 11.1 Å². The van der Waals surface area contributed by atoms with Crippen molar-refractivity contribution in [2.24, 2.45) is 11.1 Å². The number of aromatic nitrogens is 2. The molecule has 0 aromatic carbocycles. The molecule has 2 heterocycles. The number of carbonyl (C=O) groups is 1. The predicted octanol–water partition coefficient (Wildman–Crippen LogP) is 4.40. The number of thiazole rings is 1. The Labute approximate surface area is 183 Å². The van der Waals surface area contributed by atoms with Crippen LogP contribution in [-0.2, 0) is 11.2 Å². The molecular weight excluding hydrogens is 415 g/mol. The van der Waals surface area contributed by atoms with E-state index in [1.54, 1.807) is 23.7 Å². The van der Waals surface area contributed by atoms with E-state index in [-0.39, 0.29) is 36.1 Å². The maximum Gasteiger partial charge on any atom is 0.220 e. The summed E-state index contributed by atoms with van der Waals surface area (Å²) in [5.74, 6) is 0.147. The van der Waals surface area contributed by atoms with Crippen molar-refractivity contribution in [1.82, 2.24) is 15.3 Å². The number of pyridine rings is 1. The van der Waals surface area contributed by atoms with Crippen LogP contribution in [0.1, 0.15) is 50.0 Å². The Morgan fingerprint density at radius 3 is 2.57 bits per heavy atom. The van der Waals surface area contributed by atoms with Crippen molar-refractivity contribution < 1.29 is 4.79 Å². The number of aryl methyl sites for hydroxylation is 1. The molecule has 0 saturated heterocycles. The molecule has 3 rings (SSSR count).